The number of nitrogens with zero attached hydrogens (tertiary/aromatic N) is 1. The Hall–Kier alpha value is -1.30. The Labute approximate surface area is 125 Å². The first-order chi connectivity index (χ1) is 9.80. The highest BCUT2D eigenvalue weighted by Gasteiger charge is 2.40. The van der Waals surface area contributed by atoms with E-state index in [4.69, 9.17) is 14.2 Å². The molecule has 2 rings (SSSR count). The van der Waals surface area contributed by atoms with E-state index in [1.807, 2.05) is 20.8 Å². The van der Waals surface area contributed by atoms with Crippen molar-refractivity contribution in [2.75, 3.05) is 13.7 Å². The SMILES string of the molecule is COC1CC(OC(=O)C2CCCN2C(=O)OC(C)(C)C)C1. The van der Waals surface area contributed by atoms with E-state index in [0.29, 0.717) is 13.0 Å². The number of ether oxygens (including phenoxy) is 3. The molecule has 1 heterocycles. The van der Waals surface area contributed by atoms with E-state index in [9.17, 15) is 9.59 Å². The quantitative estimate of drug-likeness (QED) is 0.747. The molecule has 2 fully saturated rings. The van der Waals surface area contributed by atoms with Crippen LogP contribution in [0, 0.1) is 0 Å². The zero-order valence-corrected chi connectivity index (χ0v) is 13.3. The van der Waals surface area contributed by atoms with Gasteiger partial charge in [-0.3, -0.25) is 4.90 Å². The monoisotopic (exact) mass is 299 g/mol. The summed E-state index contributed by atoms with van der Waals surface area (Å²) in [6.45, 7) is 5.98. The number of likely N-dealkylation sites (tertiary alicyclic amines) is 1. The van der Waals surface area contributed by atoms with Crippen LogP contribution in [-0.2, 0) is 19.0 Å². The van der Waals surface area contributed by atoms with Gasteiger partial charge in [0.2, 0.25) is 0 Å². The zero-order chi connectivity index (χ0) is 15.6. The van der Waals surface area contributed by atoms with Crippen LogP contribution in [0.5, 0.6) is 0 Å². The lowest BCUT2D eigenvalue weighted by atomic mass is 9.92. The maximum Gasteiger partial charge on any atom is 0.411 e. The predicted molar refractivity (Wildman–Crippen MR) is 75.9 cm³/mol. The van der Waals surface area contributed by atoms with Gasteiger partial charge in [-0.2, -0.15) is 0 Å². The summed E-state index contributed by atoms with van der Waals surface area (Å²) in [6.07, 6.45) is 2.58. The summed E-state index contributed by atoms with van der Waals surface area (Å²) in [5.74, 6) is -0.321. The van der Waals surface area contributed by atoms with E-state index in [1.165, 1.54) is 4.90 Å². The van der Waals surface area contributed by atoms with Crippen LogP contribution in [0.25, 0.3) is 0 Å². The molecule has 21 heavy (non-hydrogen) atoms. The molecule has 1 aliphatic carbocycles. The smallest absolute Gasteiger partial charge is 0.411 e. The van der Waals surface area contributed by atoms with Crippen LogP contribution in [0.4, 0.5) is 4.79 Å². The summed E-state index contributed by atoms with van der Waals surface area (Å²) in [4.78, 5) is 25.8. The van der Waals surface area contributed by atoms with Gasteiger partial charge in [-0.25, -0.2) is 9.59 Å². The Morgan fingerprint density at radius 2 is 1.81 bits per heavy atom. The average molecular weight is 299 g/mol. The minimum absolute atomic E-state index is 0.0801. The molecule has 6 nitrogen and oxygen atoms in total. The summed E-state index contributed by atoms with van der Waals surface area (Å²) in [5, 5.41) is 0. The number of amides is 1. The minimum atomic E-state index is -0.562. The molecule has 1 saturated carbocycles. The highest BCUT2D eigenvalue weighted by molar-refractivity contribution is 5.82. The van der Waals surface area contributed by atoms with Crippen LogP contribution in [0.2, 0.25) is 0 Å². The van der Waals surface area contributed by atoms with Crippen LogP contribution in [0.3, 0.4) is 0 Å². The predicted octanol–water partition coefficient (Wildman–Crippen LogP) is 2.11. The molecule has 2 aliphatic rings. The van der Waals surface area contributed by atoms with Gasteiger partial charge in [0.25, 0.3) is 0 Å². The minimum Gasteiger partial charge on any atom is -0.461 e. The number of methoxy groups -OCH3 is 1. The van der Waals surface area contributed by atoms with Crippen LogP contribution in [0.15, 0.2) is 0 Å². The maximum atomic E-state index is 12.2. The second-order valence-corrected chi connectivity index (χ2v) is 6.72. The average Bonchev–Trinajstić information content (AvgIpc) is 2.79. The van der Waals surface area contributed by atoms with Gasteiger partial charge in [0.05, 0.1) is 6.10 Å². The fraction of sp³-hybridized carbons (Fsp3) is 0.867. The number of hydrogen-bond acceptors (Lipinski definition) is 5. The topological polar surface area (TPSA) is 65.1 Å². The van der Waals surface area contributed by atoms with Crippen molar-refractivity contribution in [1.82, 2.24) is 4.90 Å². The molecule has 6 heteroatoms. The first kappa shape index (κ1) is 16.1. The fourth-order valence-electron chi connectivity index (χ4n) is 2.60. The lowest BCUT2D eigenvalue weighted by Gasteiger charge is -2.35. The van der Waals surface area contributed by atoms with E-state index < -0.39 is 17.7 Å². The van der Waals surface area contributed by atoms with Crippen molar-refractivity contribution in [3.05, 3.63) is 0 Å². The summed E-state index contributed by atoms with van der Waals surface area (Å²) >= 11 is 0. The molecule has 0 aromatic heterocycles. The summed E-state index contributed by atoms with van der Waals surface area (Å²) in [5.41, 5.74) is -0.562. The summed E-state index contributed by atoms with van der Waals surface area (Å²) in [6, 6.07) is -0.513. The van der Waals surface area contributed by atoms with Gasteiger partial charge in [-0.15, -0.1) is 0 Å². The third-order valence-corrected chi connectivity index (χ3v) is 3.82. The van der Waals surface area contributed by atoms with E-state index in [0.717, 1.165) is 19.3 Å². The number of rotatable bonds is 3. The largest absolute Gasteiger partial charge is 0.461 e. The van der Waals surface area contributed by atoms with Gasteiger partial charge in [-0.05, 0) is 33.6 Å². The second kappa shape index (κ2) is 6.22. The van der Waals surface area contributed by atoms with Crippen molar-refractivity contribution >= 4 is 12.1 Å². The molecule has 0 radical (unpaired) electrons. The van der Waals surface area contributed by atoms with Crippen LogP contribution in [0.1, 0.15) is 46.5 Å². The van der Waals surface area contributed by atoms with Crippen molar-refractivity contribution < 1.29 is 23.8 Å². The Kier molecular flexibility index (Phi) is 4.76. The molecule has 0 aromatic rings. The third-order valence-electron chi connectivity index (χ3n) is 3.82. The van der Waals surface area contributed by atoms with Crippen molar-refractivity contribution in [3.8, 4) is 0 Å². The van der Waals surface area contributed by atoms with E-state index in [2.05, 4.69) is 0 Å². The number of carbonyl (C=O) groups excluding carboxylic acids is 2. The zero-order valence-electron chi connectivity index (χ0n) is 13.3. The third kappa shape index (κ3) is 4.09. The van der Waals surface area contributed by atoms with Gasteiger partial charge in [0.1, 0.15) is 17.7 Å². The van der Waals surface area contributed by atoms with Crippen molar-refractivity contribution in [2.24, 2.45) is 0 Å². The van der Waals surface area contributed by atoms with E-state index in [-0.39, 0.29) is 18.2 Å². The molecule has 120 valence electrons. The number of hydrogen-bond donors (Lipinski definition) is 0. The van der Waals surface area contributed by atoms with Gasteiger partial charge < -0.3 is 14.2 Å². The molecule has 1 saturated heterocycles. The number of carbonyl (C=O) groups is 2. The Bertz CT molecular complexity index is 397. The lowest BCUT2D eigenvalue weighted by molar-refractivity contribution is -0.165. The highest BCUT2D eigenvalue weighted by Crippen LogP contribution is 2.28. The van der Waals surface area contributed by atoms with E-state index in [1.54, 1.807) is 7.11 Å². The molecule has 0 N–H and O–H groups in total. The van der Waals surface area contributed by atoms with Gasteiger partial charge in [-0.1, -0.05) is 0 Å². The highest BCUT2D eigenvalue weighted by atomic mass is 16.6. The van der Waals surface area contributed by atoms with Crippen LogP contribution >= 0.6 is 0 Å². The van der Waals surface area contributed by atoms with Crippen molar-refractivity contribution in [2.45, 2.75) is 70.3 Å². The summed E-state index contributed by atoms with van der Waals surface area (Å²) in [7, 11) is 1.66. The van der Waals surface area contributed by atoms with E-state index >= 15 is 0 Å². The molecular weight excluding hydrogens is 274 g/mol. The normalized spacial score (nSPS) is 29.0. The van der Waals surface area contributed by atoms with Crippen LogP contribution < -0.4 is 0 Å². The van der Waals surface area contributed by atoms with Crippen LogP contribution in [-0.4, -0.2) is 54.5 Å². The lowest BCUT2D eigenvalue weighted by Crippen LogP contribution is -2.46. The molecule has 0 bridgehead atoms. The Balaban J connectivity index is 1.86. The Morgan fingerprint density at radius 3 is 2.38 bits per heavy atom. The number of esters is 1. The van der Waals surface area contributed by atoms with Gasteiger partial charge in [0, 0.05) is 26.5 Å². The maximum absolute atomic E-state index is 12.2. The van der Waals surface area contributed by atoms with Crippen molar-refractivity contribution in [3.63, 3.8) is 0 Å². The van der Waals surface area contributed by atoms with Gasteiger partial charge in [0.15, 0.2) is 0 Å². The molecule has 1 aliphatic heterocycles. The van der Waals surface area contributed by atoms with Crippen molar-refractivity contribution in [1.29, 1.82) is 0 Å². The second-order valence-electron chi connectivity index (χ2n) is 6.72. The van der Waals surface area contributed by atoms with Gasteiger partial charge >= 0.3 is 12.1 Å². The summed E-state index contributed by atoms with van der Waals surface area (Å²) < 4.78 is 15.9. The molecular formula is C15H25NO5. The first-order valence-corrected chi connectivity index (χ1v) is 7.53. The fourth-order valence-corrected chi connectivity index (χ4v) is 2.60. The molecule has 0 aromatic carbocycles. The standard InChI is InChI=1S/C15H25NO5/c1-15(2,3)21-14(18)16-7-5-6-12(16)13(17)20-11-8-10(9-11)19-4/h10-12H,5-9H2,1-4H3. The molecule has 1 unspecified atom stereocenters. The first-order valence-electron chi connectivity index (χ1n) is 7.53. The Morgan fingerprint density at radius 1 is 1.14 bits per heavy atom. The molecule has 1 atom stereocenters. The molecule has 1 amide bonds. The molecule has 0 spiro atoms.